The minimum atomic E-state index is -0.231. The van der Waals surface area contributed by atoms with Gasteiger partial charge in [0.1, 0.15) is 0 Å². The molecule has 0 bridgehead atoms. The van der Waals surface area contributed by atoms with Gasteiger partial charge in [-0.2, -0.15) is 0 Å². The van der Waals surface area contributed by atoms with E-state index in [1.807, 2.05) is 0 Å². The molecule has 0 saturated heterocycles. The quantitative estimate of drug-likeness (QED) is 0.134. The van der Waals surface area contributed by atoms with Gasteiger partial charge in [0.05, 0.1) is 31.8 Å². The lowest BCUT2D eigenvalue weighted by Crippen LogP contribution is -2.42. The maximum atomic E-state index is 6.20. The summed E-state index contributed by atoms with van der Waals surface area (Å²) in [5.41, 5.74) is -0.231. The summed E-state index contributed by atoms with van der Waals surface area (Å²) in [6.07, 6.45) is 9.24. The van der Waals surface area contributed by atoms with E-state index >= 15 is 0 Å². The van der Waals surface area contributed by atoms with Gasteiger partial charge in [-0.1, -0.05) is 55.4 Å². The van der Waals surface area contributed by atoms with Gasteiger partial charge in [0, 0.05) is 26.4 Å². The molecule has 0 heterocycles. The van der Waals surface area contributed by atoms with Gasteiger partial charge in [0.15, 0.2) is 0 Å². The van der Waals surface area contributed by atoms with Crippen LogP contribution in [0.2, 0.25) is 0 Å². The van der Waals surface area contributed by atoms with Crippen LogP contribution in [0.25, 0.3) is 0 Å². The first-order valence-electron chi connectivity index (χ1n) is 14.0. The summed E-state index contributed by atoms with van der Waals surface area (Å²) in [5.74, 6) is 2.87. The average molecular weight is 473 g/mol. The fourth-order valence-corrected chi connectivity index (χ4v) is 3.78. The number of rotatable bonds is 24. The standard InChI is InChI=1S/C29H60O4/c1-25(2)13-9-17-30-21-29(22-31-18-10-14-26(3)4,23-32-19-11-15-27(5)6)24-33-20-12-16-28(7)8/h25-28H,9-24H2,1-8H3. The van der Waals surface area contributed by atoms with Crippen LogP contribution in [0.3, 0.4) is 0 Å². The van der Waals surface area contributed by atoms with Crippen molar-refractivity contribution in [3.05, 3.63) is 0 Å². The van der Waals surface area contributed by atoms with Crippen LogP contribution in [0.1, 0.15) is 107 Å². The molecule has 0 aromatic carbocycles. The van der Waals surface area contributed by atoms with Gasteiger partial charge < -0.3 is 18.9 Å². The van der Waals surface area contributed by atoms with E-state index in [-0.39, 0.29) is 5.41 Å². The highest BCUT2D eigenvalue weighted by Gasteiger charge is 2.32. The summed E-state index contributed by atoms with van der Waals surface area (Å²) in [7, 11) is 0. The Balaban J connectivity index is 4.87. The molecule has 0 radical (unpaired) electrons. The van der Waals surface area contributed by atoms with Crippen molar-refractivity contribution in [2.75, 3.05) is 52.9 Å². The SMILES string of the molecule is CC(C)CCCOCC(COCCCC(C)C)(COCCCC(C)C)COCCCC(C)C. The van der Waals surface area contributed by atoms with Crippen molar-refractivity contribution in [3.63, 3.8) is 0 Å². The fourth-order valence-electron chi connectivity index (χ4n) is 3.78. The molecule has 0 atom stereocenters. The van der Waals surface area contributed by atoms with E-state index in [0.717, 1.165) is 75.8 Å². The normalized spacial score (nSPS) is 12.7. The van der Waals surface area contributed by atoms with Gasteiger partial charge in [-0.05, 0) is 75.0 Å². The average Bonchev–Trinajstić information content (AvgIpc) is 2.71. The van der Waals surface area contributed by atoms with Crippen LogP contribution in [0.15, 0.2) is 0 Å². The van der Waals surface area contributed by atoms with Crippen molar-refractivity contribution in [2.24, 2.45) is 29.1 Å². The van der Waals surface area contributed by atoms with Crippen molar-refractivity contribution < 1.29 is 18.9 Å². The van der Waals surface area contributed by atoms with Crippen molar-refractivity contribution in [1.82, 2.24) is 0 Å². The first-order chi connectivity index (χ1) is 15.7. The molecule has 0 aliphatic heterocycles. The zero-order valence-corrected chi connectivity index (χ0v) is 23.8. The second-order valence-electron chi connectivity index (χ2n) is 11.9. The molecule has 0 rings (SSSR count). The van der Waals surface area contributed by atoms with Crippen molar-refractivity contribution in [1.29, 1.82) is 0 Å². The van der Waals surface area contributed by atoms with Crippen LogP contribution in [-0.4, -0.2) is 52.9 Å². The lowest BCUT2D eigenvalue weighted by Gasteiger charge is -2.33. The molecule has 0 aromatic rings. The molecule has 0 fully saturated rings. The third kappa shape index (κ3) is 22.1. The third-order valence-corrected chi connectivity index (χ3v) is 5.91. The van der Waals surface area contributed by atoms with Gasteiger partial charge in [-0.25, -0.2) is 0 Å². The number of ether oxygens (including phenoxy) is 4. The molecule has 0 N–H and O–H groups in total. The molecule has 33 heavy (non-hydrogen) atoms. The molecule has 0 saturated carbocycles. The van der Waals surface area contributed by atoms with Crippen LogP contribution in [-0.2, 0) is 18.9 Å². The summed E-state index contributed by atoms with van der Waals surface area (Å²) < 4.78 is 24.8. The van der Waals surface area contributed by atoms with Gasteiger partial charge in [-0.3, -0.25) is 0 Å². The van der Waals surface area contributed by atoms with E-state index in [4.69, 9.17) is 18.9 Å². The van der Waals surface area contributed by atoms with Gasteiger partial charge in [0.25, 0.3) is 0 Å². The molecule has 200 valence electrons. The Hall–Kier alpha value is -0.160. The van der Waals surface area contributed by atoms with Gasteiger partial charge >= 0.3 is 0 Å². The van der Waals surface area contributed by atoms with Crippen molar-refractivity contribution >= 4 is 0 Å². The van der Waals surface area contributed by atoms with Gasteiger partial charge in [-0.15, -0.1) is 0 Å². The predicted octanol–water partition coefficient (Wildman–Crippen LogP) is 7.78. The summed E-state index contributed by atoms with van der Waals surface area (Å²) in [4.78, 5) is 0. The molecular weight excluding hydrogens is 412 g/mol. The topological polar surface area (TPSA) is 36.9 Å². The van der Waals surface area contributed by atoms with Crippen LogP contribution >= 0.6 is 0 Å². The van der Waals surface area contributed by atoms with Crippen LogP contribution < -0.4 is 0 Å². The van der Waals surface area contributed by atoms with E-state index in [1.54, 1.807) is 0 Å². The Kier molecular flexibility index (Phi) is 21.0. The molecular formula is C29H60O4. The second-order valence-corrected chi connectivity index (χ2v) is 11.9. The Morgan fingerprint density at radius 3 is 0.788 bits per heavy atom. The largest absolute Gasteiger partial charge is 0.381 e. The Morgan fingerprint density at radius 2 is 0.606 bits per heavy atom. The minimum absolute atomic E-state index is 0.231. The van der Waals surface area contributed by atoms with E-state index in [9.17, 15) is 0 Å². The zero-order chi connectivity index (χ0) is 25.0. The Bertz CT molecular complexity index is 329. The molecule has 0 aliphatic rings. The molecule has 4 nitrogen and oxygen atoms in total. The molecule has 4 heteroatoms. The molecule has 0 aliphatic carbocycles. The van der Waals surface area contributed by atoms with Crippen molar-refractivity contribution in [3.8, 4) is 0 Å². The molecule has 0 amide bonds. The highest BCUT2D eigenvalue weighted by Crippen LogP contribution is 2.22. The third-order valence-electron chi connectivity index (χ3n) is 5.91. The predicted molar refractivity (Wildman–Crippen MR) is 142 cm³/mol. The summed E-state index contributed by atoms with van der Waals surface area (Å²) in [6, 6.07) is 0. The van der Waals surface area contributed by atoms with E-state index in [1.165, 1.54) is 25.7 Å². The second kappa shape index (κ2) is 21.1. The monoisotopic (exact) mass is 472 g/mol. The van der Waals surface area contributed by atoms with Crippen LogP contribution in [0, 0.1) is 29.1 Å². The maximum absolute atomic E-state index is 6.20. The Morgan fingerprint density at radius 1 is 0.394 bits per heavy atom. The summed E-state index contributed by atoms with van der Waals surface area (Å²) in [5, 5.41) is 0. The molecule has 0 spiro atoms. The lowest BCUT2D eigenvalue weighted by molar-refractivity contribution is -0.108. The van der Waals surface area contributed by atoms with Gasteiger partial charge in [0.2, 0.25) is 0 Å². The fraction of sp³-hybridized carbons (Fsp3) is 1.00. The molecule has 0 unspecified atom stereocenters. The van der Waals surface area contributed by atoms with Crippen molar-refractivity contribution in [2.45, 2.75) is 107 Å². The number of hydrogen-bond donors (Lipinski definition) is 0. The van der Waals surface area contributed by atoms with Crippen LogP contribution in [0.4, 0.5) is 0 Å². The lowest BCUT2D eigenvalue weighted by atomic mass is 9.92. The first-order valence-corrected chi connectivity index (χ1v) is 14.0. The summed E-state index contributed by atoms with van der Waals surface area (Å²) in [6.45, 7) is 23.9. The highest BCUT2D eigenvalue weighted by atomic mass is 16.5. The van der Waals surface area contributed by atoms with E-state index in [2.05, 4.69) is 55.4 Å². The first kappa shape index (κ1) is 32.8. The van der Waals surface area contributed by atoms with E-state index in [0.29, 0.717) is 26.4 Å². The van der Waals surface area contributed by atoms with E-state index < -0.39 is 0 Å². The van der Waals surface area contributed by atoms with Crippen LogP contribution in [0.5, 0.6) is 0 Å². The highest BCUT2D eigenvalue weighted by molar-refractivity contribution is 4.79. The zero-order valence-electron chi connectivity index (χ0n) is 23.8. The Labute approximate surface area is 207 Å². The summed E-state index contributed by atoms with van der Waals surface area (Å²) >= 11 is 0. The maximum Gasteiger partial charge on any atom is 0.0637 e. The smallest absolute Gasteiger partial charge is 0.0637 e. The minimum Gasteiger partial charge on any atom is -0.381 e. The molecule has 0 aromatic heterocycles. The number of hydrogen-bond acceptors (Lipinski definition) is 4.